The van der Waals surface area contributed by atoms with E-state index in [1.807, 2.05) is 30.3 Å². The molecule has 0 radical (unpaired) electrons. The molecule has 0 aliphatic rings. The lowest BCUT2D eigenvalue weighted by atomic mass is 10.2. The fourth-order valence-electron chi connectivity index (χ4n) is 1.87. The minimum absolute atomic E-state index is 0.0922. The van der Waals surface area contributed by atoms with Gasteiger partial charge < -0.3 is 14.6 Å². The van der Waals surface area contributed by atoms with Crippen molar-refractivity contribution in [3.8, 4) is 11.5 Å². The Balaban J connectivity index is 2.09. The van der Waals surface area contributed by atoms with Crippen molar-refractivity contribution in [3.63, 3.8) is 0 Å². The third kappa shape index (κ3) is 4.43. The summed E-state index contributed by atoms with van der Waals surface area (Å²) in [7, 11) is 0. The first kappa shape index (κ1) is 14.7. The van der Waals surface area contributed by atoms with Crippen LogP contribution in [0.15, 0.2) is 41.0 Å². The summed E-state index contributed by atoms with van der Waals surface area (Å²) in [6, 6.07) is 9.24. The average molecular weight is 290 g/mol. The second-order valence-electron chi connectivity index (χ2n) is 4.44. The highest BCUT2D eigenvalue weighted by atomic mass is 16.4. The van der Waals surface area contributed by atoms with Gasteiger partial charge in [0.2, 0.25) is 5.89 Å². The molecule has 0 aliphatic heterocycles. The Kier molecular flexibility index (Phi) is 4.68. The van der Waals surface area contributed by atoms with Gasteiger partial charge in [0.25, 0.3) is 0 Å². The van der Waals surface area contributed by atoms with E-state index in [0.717, 1.165) is 5.56 Å². The molecule has 0 bridgehead atoms. The zero-order valence-electron chi connectivity index (χ0n) is 11.1. The zero-order valence-corrected chi connectivity index (χ0v) is 11.1. The molecule has 0 saturated heterocycles. The molecular formula is C14H14N2O5. The number of benzene rings is 1. The van der Waals surface area contributed by atoms with Gasteiger partial charge in [-0.2, -0.15) is 0 Å². The molecule has 21 heavy (non-hydrogen) atoms. The number of aliphatic carboxylic acids is 2. The van der Waals surface area contributed by atoms with Crippen LogP contribution in [0.5, 0.6) is 0 Å². The molecule has 7 nitrogen and oxygen atoms in total. The van der Waals surface area contributed by atoms with Crippen LogP contribution in [0.1, 0.15) is 5.69 Å². The number of nitrogens with zero attached hydrogens (tertiary/aromatic N) is 2. The van der Waals surface area contributed by atoms with Gasteiger partial charge in [0, 0.05) is 12.1 Å². The van der Waals surface area contributed by atoms with Gasteiger partial charge in [-0.25, -0.2) is 4.98 Å². The second-order valence-corrected chi connectivity index (χ2v) is 4.44. The summed E-state index contributed by atoms with van der Waals surface area (Å²) >= 11 is 0. The number of hydrogen-bond acceptors (Lipinski definition) is 5. The Morgan fingerprint density at radius 1 is 1.10 bits per heavy atom. The van der Waals surface area contributed by atoms with Crippen LogP contribution >= 0.6 is 0 Å². The molecule has 1 aromatic heterocycles. The molecule has 110 valence electrons. The molecule has 0 aliphatic carbocycles. The zero-order chi connectivity index (χ0) is 15.2. The molecule has 0 amide bonds. The summed E-state index contributed by atoms with van der Waals surface area (Å²) in [6.07, 6.45) is 1.40. The van der Waals surface area contributed by atoms with Crippen LogP contribution in [0.25, 0.3) is 11.5 Å². The van der Waals surface area contributed by atoms with Crippen molar-refractivity contribution in [2.45, 2.75) is 6.54 Å². The third-order valence-electron chi connectivity index (χ3n) is 2.68. The number of rotatable bonds is 7. The van der Waals surface area contributed by atoms with Crippen molar-refractivity contribution in [2.24, 2.45) is 0 Å². The normalized spacial score (nSPS) is 10.7. The van der Waals surface area contributed by atoms with E-state index < -0.39 is 11.9 Å². The van der Waals surface area contributed by atoms with Crippen molar-refractivity contribution in [1.82, 2.24) is 9.88 Å². The smallest absolute Gasteiger partial charge is 0.317 e. The summed E-state index contributed by atoms with van der Waals surface area (Å²) in [5.41, 5.74) is 1.28. The van der Waals surface area contributed by atoms with Crippen molar-refractivity contribution < 1.29 is 24.2 Å². The Bertz CT molecular complexity index is 607. The van der Waals surface area contributed by atoms with Crippen molar-refractivity contribution in [3.05, 3.63) is 42.3 Å². The van der Waals surface area contributed by atoms with Gasteiger partial charge in [-0.15, -0.1) is 0 Å². The van der Waals surface area contributed by atoms with Gasteiger partial charge in [-0.1, -0.05) is 18.2 Å². The highest BCUT2D eigenvalue weighted by Gasteiger charge is 2.16. The first-order chi connectivity index (χ1) is 10.0. The average Bonchev–Trinajstić information content (AvgIpc) is 2.86. The maximum absolute atomic E-state index is 10.7. The molecule has 7 heteroatoms. The molecule has 0 spiro atoms. The first-order valence-corrected chi connectivity index (χ1v) is 6.20. The monoisotopic (exact) mass is 290 g/mol. The maximum Gasteiger partial charge on any atom is 0.317 e. The van der Waals surface area contributed by atoms with Gasteiger partial charge in [0.05, 0.1) is 18.8 Å². The molecular weight excluding hydrogens is 276 g/mol. The van der Waals surface area contributed by atoms with E-state index >= 15 is 0 Å². The molecule has 0 fully saturated rings. The number of carboxylic acids is 2. The van der Waals surface area contributed by atoms with Crippen molar-refractivity contribution >= 4 is 11.9 Å². The van der Waals surface area contributed by atoms with E-state index in [4.69, 9.17) is 14.6 Å². The summed E-state index contributed by atoms with van der Waals surface area (Å²) in [5, 5.41) is 17.6. The summed E-state index contributed by atoms with van der Waals surface area (Å²) in [5.74, 6) is -1.78. The van der Waals surface area contributed by atoms with E-state index in [1.165, 1.54) is 11.2 Å². The molecule has 2 rings (SSSR count). The van der Waals surface area contributed by atoms with Crippen molar-refractivity contribution in [2.75, 3.05) is 13.1 Å². The Labute approximate surface area is 120 Å². The highest BCUT2D eigenvalue weighted by Crippen LogP contribution is 2.18. The number of oxazole rings is 1. The lowest BCUT2D eigenvalue weighted by Gasteiger charge is -2.15. The summed E-state index contributed by atoms with van der Waals surface area (Å²) in [4.78, 5) is 27.0. The largest absolute Gasteiger partial charge is 0.480 e. The Morgan fingerprint density at radius 3 is 2.29 bits per heavy atom. The van der Waals surface area contributed by atoms with E-state index in [9.17, 15) is 9.59 Å². The Hall–Kier alpha value is -2.67. The van der Waals surface area contributed by atoms with Crippen LogP contribution in [0.3, 0.4) is 0 Å². The number of carbonyl (C=O) groups is 2. The standard InChI is InChI=1S/C14H14N2O5/c17-12(18)7-16(8-13(19)20)6-11-9-21-14(15-11)10-4-2-1-3-5-10/h1-5,9H,6-8H2,(H,17,18)(H,19,20). The molecule has 0 atom stereocenters. The molecule has 0 saturated carbocycles. The molecule has 2 aromatic rings. The van der Waals surface area contributed by atoms with Crippen LogP contribution in [-0.4, -0.2) is 45.1 Å². The minimum Gasteiger partial charge on any atom is -0.480 e. The van der Waals surface area contributed by atoms with Gasteiger partial charge in [-0.3, -0.25) is 14.5 Å². The van der Waals surface area contributed by atoms with Crippen LogP contribution in [0.2, 0.25) is 0 Å². The number of carboxylic acid groups (broad SMARTS) is 2. The van der Waals surface area contributed by atoms with E-state index in [-0.39, 0.29) is 19.6 Å². The summed E-state index contributed by atoms with van der Waals surface area (Å²) in [6.45, 7) is -0.658. The molecule has 2 N–H and O–H groups in total. The van der Waals surface area contributed by atoms with Crippen molar-refractivity contribution in [1.29, 1.82) is 0 Å². The second kappa shape index (κ2) is 6.67. The minimum atomic E-state index is -1.09. The quantitative estimate of drug-likeness (QED) is 0.792. The van der Waals surface area contributed by atoms with Gasteiger partial charge in [0.1, 0.15) is 6.26 Å². The van der Waals surface area contributed by atoms with Gasteiger partial charge in [-0.05, 0) is 12.1 Å². The van der Waals surface area contributed by atoms with E-state index in [2.05, 4.69) is 4.98 Å². The molecule has 1 aromatic carbocycles. The number of aromatic nitrogens is 1. The lowest BCUT2D eigenvalue weighted by Crippen LogP contribution is -2.34. The maximum atomic E-state index is 10.7. The molecule has 0 unspecified atom stereocenters. The van der Waals surface area contributed by atoms with E-state index in [1.54, 1.807) is 0 Å². The third-order valence-corrected chi connectivity index (χ3v) is 2.68. The summed E-state index contributed by atoms with van der Waals surface area (Å²) < 4.78 is 5.33. The highest BCUT2D eigenvalue weighted by molar-refractivity contribution is 5.72. The lowest BCUT2D eigenvalue weighted by molar-refractivity contribution is -0.142. The fraction of sp³-hybridized carbons (Fsp3) is 0.214. The first-order valence-electron chi connectivity index (χ1n) is 6.20. The van der Waals surface area contributed by atoms with Gasteiger partial charge >= 0.3 is 11.9 Å². The van der Waals surface area contributed by atoms with Crippen LogP contribution in [0.4, 0.5) is 0 Å². The topological polar surface area (TPSA) is 104 Å². The molecule has 1 heterocycles. The fourth-order valence-corrected chi connectivity index (χ4v) is 1.87. The Morgan fingerprint density at radius 2 is 1.71 bits per heavy atom. The van der Waals surface area contributed by atoms with Crippen LogP contribution in [0, 0.1) is 0 Å². The van der Waals surface area contributed by atoms with Crippen LogP contribution in [-0.2, 0) is 16.1 Å². The van der Waals surface area contributed by atoms with Crippen LogP contribution < -0.4 is 0 Å². The SMILES string of the molecule is O=C(O)CN(CC(=O)O)Cc1coc(-c2ccccc2)n1. The van der Waals surface area contributed by atoms with E-state index in [0.29, 0.717) is 11.6 Å². The predicted molar refractivity (Wildman–Crippen MR) is 72.5 cm³/mol. The number of hydrogen-bond donors (Lipinski definition) is 2. The predicted octanol–water partition coefficient (Wildman–Crippen LogP) is 1.31. The van der Waals surface area contributed by atoms with Gasteiger partial charge in [0.15, 0.2) is 0 Å².